The van der Waals surface area contributed by atoms with Gasteiger partial charge in [-0.1, -0.05) is 34.6 Å². The maximum absolute atomic E-state index is 12.1. The van der Waals surface area contributed by atoms with Gasteiger partial charge in [-0.3, -0.25) is 0 Å². The molecule has 0 aromatic rings. The van der Waals surface area contributed by atoms with Gasteiger partial charge < -0.3 is 20.1 Å². The summed E-state index contributed by atoms with van der Waals surface area (Å²) < 4.78 is 6.60. The number of fused-ring (bicyclic) bond motifs is 4. The maximum atomic E-state index is 12.1. The Balaban J connectivity index is 1.41. The second-order valence-corrected chi connectivity index (χ2v) is 14.6. The zero-order valence-corrected chi connectivity index (χ0v) is 21.2. The van der Waals surface area contributed by atoms with Crippen molar-refractivity contribution in [3.63, 3.8) is 0 Å². The molecule has 0 bridgehead atoms. The lowest BCUT2D eigenvalue weighted by molar-refractivity contribution is -0.202. The fourth-order valence-corrected chi connectivity index (χ4v) is 11.8. The molecule has 0 amide bonds. The second kappa shape index (κ2) is 6.15. The maximum Gasteiger partial charge on any atom is 0.0892 e. The highest BCUT2D eigenvalue weighted by atomic mass is 16.5. The van der Waals surface area contributed by atoms with Gasteiger partial charge in [0.2, 0.25) is 0 Å². The molecule has 2 unspecified atom stereocenters. The Hall–Kier alpha value is -0.160. The van der Waals surface area contributed by atoms with Crippen molar-refractivity contribution in [1.82, 2.24) is 0 Å². The topological polar surface area (TPSA) is 69.9 Å². The largest absolute Gasteiger partial charge is 0.393 e. The fourth-order valence-electron chi connectivity index (χ4n) is 11.8. The number of hydrogen-bond donors (Lipinski definition) is 3. The first-order valence-electron chi connectivity index (χ1n) is 13.5. The Morgan fingerprint density at radius 3 is 2.22 bits per heavy atom. The van der Waals surface area contributed by atoms with Crippen molar-refractivity contribution in [1.29, 1.82) is 0 Å². The molecule has 182 valence electrons. The summed E-state index contributed by atoms with van der Waals surface area (Å²) in [4.78, 5) is 0. The predicted octanol–water partition coefficient (Wildman–Crippen LogP) is 4.54. The van der Waals surface area contributed by atoms with E-state index in [1.54, 1.807) is 0 Å². The molecule has 1 saturated heterocycles. The van der Waals surface area contributed by atoms with Crippen molar-refractivity contribution in [3.8, 4) is 0 Å². The Kier molecular flexibility index (Phi) is 4.29. The van der Waals surface area contributed by atoms with Crippen LogP contribution in [0.25, 0.3) is 0 Å². The van der Waals surface area contributed by atoms with Gasteiger partial charge in [0.15, 0.2) is 0 Å². The number of aliphatic hydroxyl groups excluding tert-OH is 3. The van der Waals surface area contributed by atoms with Crippen LogP contribution in [-0.4, -0.2) is 45.8 Å². The van der Waals surface area contributed by atoms with E-state index in [-0.39, 0.29) is 35.1 Å². The number of aliphatic hydroxyl groups is 3. The van der Waals surface area contributed by atoms with Crippen molar-refractivity contribution in [2.24, 2.45) is 50.7 Å². The van der Waals surface area contributed by atoms with E-state index in [1.807, 2.05) is 6.92 Å². The molecule has 1 aliphatic heterocycles. The van der Waals surface area contributed by atoms with Crippen LogP contribution in [0.4, 0.5) is 0 Å². The fraction of sp³-hybridized carbons (Fsp3) is 1.00. The molecule has 5 aliphatic carbocycles. The Morgan fingerprint density at radius 2 is 1.53 bits per heavy atom. The minimum Gasteiger partial charge on any atom is -0.393 e. The lowest BCUT2D eigenvalue weighted by atomic mass is 9.41. The van der Waals surface area contributed by atoms with Crippen LogP contribution in [0.5, 0.6) is 0 Å². The average molecular weight is 447 g/mol. The lowest BCUT2D eigenvalue weighted by Gasteiger charge is -2.63. The van der Waals surface area contributed by atoms with Crippen LogP contribution < -0.4 is 0 Å². The molecule has 12 atom stereocenters. The molecule has 3 N–H and O–H groups in total. The first kappa shape index (κ1) is 22.3. The minimum absolute atomic E-state index is 0.00276. The van der Waals surface area contributed by atoms with E-state index in [0.29, 0.717) is 34.5 Å². The third-order valence-corrected chi connectivity index (χ3v) is 13.4. The van der Waals surface area contributed by atoms with Crippen LogP contribution in [0, 0.1) is 50.7 Å². The van der Waals surface area contributed by atoms with E-state index in [2.05, 4.69) is 34.6 Å². The van der Waals surface area contributed by atoms with E-state index in [1.165, 1.54) is 38.5 Å². The predicted molar refractivity (Wildman–Crippen MR) is 124 cm³/mol. The van der Waals surface area contributed by atoms with Crippen LogP contribution in [0.3, 0.4) is 0 Å². The number of rotatable bonds is 1. The third-order valence-electron chi connectivity index (χ3n) is 13.4. The highest BCUT2D eigenvalue weighted by Crippen LogP contribution is 2.89. The summed E-state index contributed by atoms with van der Waals surface area (Å²) in [5.41, 5.74) is 0.106. The van der Waals surface area contributed by atoms with Crippen molar-refractivity contribution in [3.05, 3.63) is 0 Å². The van der Waals surface area contributed by atoms with Crippen LogP contribution in [-0.2, 0) is 4.74 Å². The molecule has 5 saturated carbocycles. The first-order chi connectivity index (χ1) is 14.8. The summed E-state index contributed by atoms with van der Waals surface area (Å²) in [6.45, 7) is 13.9. The zero-order valence-electron chi connectivity index (χ0n) is 21.2. The number of ether oxygens (including phenoxy) is 1. The highest BCUT2D eigenvalue weighted by molar-refractivity contribution is 5.32. The minimum atomic E-state index is -0.540. The van der Waals surface area contributed by atoms with E-state index < -0.39 is 11.7 Å². The molecule has 2 spiro atoms. The molecule has 0 radical (unpaired) electrons. The van der Waals surface area contributed by atoms with Crippen molar-refractivity contribution < 1.29 is 20.1 Å². The summed E-state index contributed by atoms with van der Waals surface area (Å²) in [6, 6.07) is 0. The highest BCUT2D eigenvalue weighted by Gasteiger charge is 2.84. The molecule has 1 heterocycles. The van der Waals surface area contributed by atoms with Gasteiger partial charge in [0.25, 0.3) is 0 Å². The van der Waals surface area contributed by atoms with E-state index in [0.717, 1.165) is 12.8 Å². The van der Waals surface area contributed by atoms with Gasteiger partial charge in [-0.05, 0) is 104 Å². The molecule has 0 aromatic heterocycles. The summed E-state index contributed by atoms with van der Waals surface area (Å²) in [5, 5.41) is 33.0. The van der Waals surface area contributed by atoms with E-state index in [4.69, 9.17) is 4.74 Å². The smallest absolute Gasteiger partial charge is 0.0892 e. The van der Waals surface area contributed by atoms with E-state index >= 15 is 0 Å². The van der Waals surface area contributed by atoms with Crippen LogP contribution in [0.2, 0.25) is 0 Å². The number of hydrogen-bond acceptors (Lipinski definition) is 4. The van der Waals surface area contributed by atoms with Gasteiger partial charge in [0.1, 0.15) is 0 Å². The molecule has 32 heavy (non-hydrogen) atoms. The lowest BCUT2D eigenvalue weighted by Crippen LogP contribution is -2.59. The van der Waals surface area contributed by atoms with Gasteiger partial charge in [-0.25, -0.2) is 0 Å². The zero-order chi connectivity index (χ0) is 23.1. The van der Waals surface area contributed by atoms with Gasteiger partial charge in [-0.15, -0.1) is 0 Å². The molecule has 4 heteroatoms. The Labute approximate surface area is 194 Å². The van der Waals surface area contributed by atoms with E-state index in [9.17, 15) is 15.3 Å². The molecular formula is C28H46O4. The Bertz CT molecular complexity index is 826. The molecule has 0 aromatic carbocycles. The monoisotopic (exact) mass is 446 g/mol. The van der Waals surface area contributed by atoms with Crippen LogP contribution in [0.1, 0.15) is 92.9 Å². The molecule has 6 fully saturated rings. The van der Waals surface area contributed by atoms with Crippen LogP contribution >= 0.6 is 0 Å². The summed E-state index contributed by atoms with van der Waals surface area (Å²) in [7, 11) is 0. The Morgan fingerprint density at radius 1 is 0.875 bits per heavy atom. The van der Waals surface area contributed by atoms with Gasteiger partial charge >= 0.3 is 0 Å². The van der Waals surface area contributed by atoms with Gasteiger partial charge in [-0.2, -0.15) is 0 Å². The third kappa shape index (κ3) is 2.17. The van der Waals surface area contributed by atoms with Gasteiger partial charge in [0.05, 0.1) is 30.5 Å². The quantitative estimate of drug-likeness (QED) is 0.553. The van der Waals surface area contributed by atoms with Gasteiger partial charge in [0, 0.05) is 5.41 Å². The normalized spacial score (nSPS) is 64.6. The summed E-state index contributed by atoms with van der Waals surface area (Å²) in [5.74, 6) is 1.94. The van der Waals surface area contributed by atoms with Crippen molar-refractivity contribution in [2.45, 2.75) is 117 Å². The summed E-state index contributed by atoms with van der Waals surface area (Å²) >= 11 is 0. The second-order valence-electron chi connectivity index (χ2n) is 14.6. The first-order valence-corrected chi connectivity index (χ1v) is 13.5. The van der Waals surface area contributed by atoms with Crippen molar-refractivity contribution >= 4 is 0 Å². The molecule has 4 nitrogen and oxygen atoms in total. The standard InChI is InChI=1S/C28H46O4/c1-16-13-24(4,15-29)32-21-20(16)25(5)11-12-28-14-27(28)10-9-19(30)23(2,3)17(27)7-8-18(28)26(25,6)22(21)31/h16-22,29-31H,7-15H2,1-6H3/t16-,17+,18?,19+,20+,21?,22+,24-,25-,26-,27-,28+/m1/s1. The SMILES string of the molecule is C[C@@H]1C[C@](C)(CO)OC2[C@H]1[C@@]1(C)CC[C@@]34C[C@@]35CC[C@H](O)C(C)(C)[C@@H]5CCC4[C@]1(C)[C@H]2O. The molecule has 6 rings (SSSR count). The molecular weight excluding hydrogens is 400 g/mol. The average Bonchev–Trinajstić information content (AvgIpc) is 3.36. The summed E-state index contributed by atoms with van der Waals surface area (Å²) in [6.07, 6.45) is 8.31. The van der Waals surface area contributed by atoms with Crippen LogP contribution in [0.15, 0.2) is 0 Å². The molecule has 6 aliphatic rings. The van der Waals surface area contributed by atoms with Crippen molar-refractivity contribution in [2.75, 3.05) is 6.61 Å².